The first kappa shape index (κ1) is 23.6. The van der Waals surface area contributed by atoms with Gasteiger partial charge in [0.15, 0.2) is 0 Å². The van der Waals surface area contributed by atoms with Gasteiger partial charge >= 0.3 is 5.97 Å². The smallest absolute Gasteiger partial charge is 0.321 e. The molecule has 0 spiro atoms. The minimum absolute atomic E-state index is 0.00530. The maximum absolute atomic E-state index is 15.2. The molecule has 0 unspecified atom stereocenters. The molecule has 0 bridgehead atoms. The number of benzene rings is 2. The van der Waals surface area contributed by atoms with Gasteiger partial charge in [-0.1, -0.05) is 50.6 Å². The highest BCUT2D eigenvalue weighted by Crippen LogP contribution is 2.52. The van der Waals surface area contributed by atoms with E-state index in [-0.39, 0.29) is 26.0 Å². The van der Waals surface area contributed by atoms with Gasteiger partial charge in [0, 0.05) is 22.5 Å². The van der Waals surface area contributed by atoms with Crippen LogP contribution >= 0.6 is 27.5 Å². The van der Waals surface area contributed by atoms with Gasteiger partial charge in [0.2, 0.25) is 0 Å². The molecular weight excluding hydrogens is 490 g/mol. The summed E-state index contributed by atoms with van der Waals surface area (Å²) in [7, 11) is 0. The van der Waals surface area contributed by atoms with Crippen molar-refractivity contribution in [3.63, 3.8) is 0 Å². The monoisotopic (exact) mass is 510 g/mol. The van der Waals surface area contributed by atoms with Gasteiger partial charge in [-0.05, 0) is 51.5 Å². The molecule has 2 N–H and O–H groups in total. The number of hydrogen-bond acceptors (Lipinski definition) is 3. The number of nitriles is 1. The third-order valence-electron chi connectivity index (χ3n) is 5.72. The number of carbonyl (C=O) groups is 1. The Morgan fingerprint density at radius 2 is 2.00 bits per heavy atom. The predicted molar refractivity (Wildman–Crippen MR) is 118 cm³/mol. The second kappa shape index (κ2) is 8.50. The van der Waals surface area contributed by atoms with Crippen LogP contribution in [0, 0.1) is 28.4 Å². The maximum atomic E-state index is 15.2. The third-order valence-corrected chi connectivity index (χ3v) is 6.56. The number of hydrogen-bond donors (Lipinski definition) is 2. The van der Waals surface area contributed by atoms with Gasteiger partial charge < -0.3 is 5.11 Å². The average molecular weight is 512 g/mol. The summed E-state index contributed by atoms with van der Waals surface area (Å²) >= 11 is 9.07. The largest absolute Gasteiger partial charge is 0.480 e. The summed E-state index contributed by atoms with van der Waals surface area (Å²) in [5.74, 6) is -3.84. The maximum Gasteiger partial charge on any atom is 0.321 e. The lowest BCUT2D eigenvalue weighted by molar-refractivity contribution is -0.139. The van der Waals surface area contributed by atoms with E-state index in [0.717, 1.165) is 6.07 Å². The summed E-state index contributed by atoms with van der Waals surface area (Å²) in [4.78, 5) is 12.2. The Morgan fingerprint density at radius 3 is 2.55 bits per heavy atom. The SMILES string of the molecule is CC(C)(C)C[C@H]1N[C@H](C(=O)O)[C@@H](c2cccc(Br)c2F)[C@]1(C#N)c1ccc(Cl)cc1F. The molecule has 1 heterocycles. The van der Waals surface area contributed by atoms with Crippen LogP contribution in [0.1, 0.15) is 44.2 Å². The zero-order valence-electron chi connectivity index (χ0n) is 17.2. The Kier molecular flexibility index (Phi) is 6.48. The molecule has 0 aliphatic carbocycles. The summed E-state index contributed by atoms with van der Waals surface area (Å²) in [6.45, 7) is 5.83. The van der Waals surface area contributed by atoms with Crippen LogP contribution in [0.25, 0.3) is 0 Å². The van der Waals surface area contributed by atoms with E-state index >= 15 is 8.78 Å². The van der Waals surface area contributed by atoms with Gasteiger partial charge in [-0.3, -0.25) is 10.1 Å². The van der Waals surface area contributed by atoms with Crippen molar-refractivity contribution in [1.29, 1.82) is 5.26 Å². The van der Waals surface area contributed by atoms with Crippen LogP contribution in [0.2, 0.25) is 5.02 Å². The Hall–Kier alpha value is -2.01. The molecule has 1 fully saturated rings. The van der Waals surface area contributed by atoms with Crippen molar-refractivity contribution in [1.82, 2.24) is 5.32 Å². The molecule has 164 valence electrons. The fourth-order valence-electron chi connectivity index (χ4n) is 4.54. The van der Waals surface area contributed by atoms with E-state index in [2.05, 4.69) is 27.3 Å². The van der Waals surface area contributed by atoms with Crippen LogP contribution in [0.3, 0.4) is 0 Å². The van der Waals surface area contributed by atoms with Crippen LogP contribution in [0.15, 0.2) is 40.9 Å². The summed E-state index contributed by atoms with van der Waals surface area (Å²) in [6, 6.07) is 8.60. The number of carboxylic acids is 1. The van der Waals surface area contributed by atoms with Crippen LogP contribution in [-0.4, -0.2) is 23.2 Å². The molecule has 31 heavy (non-hydrogen) atoms. The second-order valence-corrected chi connectivity index (χ2v) is 10.3. The molecule has 3 rings (SSSR count). The first-order valence-corrected chi connectivity index (χ1v) is 10.9. The summed E-state index contributed by atoms with van der Waals surface area (Å²) in [5, 5.41) is 23.7. The molecule has 2 aromatic carbocycles. The topological polar surface area (TPSA) is 73.1 Å². The van der Waals surface area contributed by atoms with Crippen molar-refractivity contribution >= 4 is 33.5 Å². The number of halogens is 4. The van der Waals surface area contributed by atoms with Crippen LogP contribution < -0.4 is 5.32 Å². The van der Waals surface area contributed by atoms with Gasteiger partial charge in [-0.25, -0.2) is 8.78 Å². The molecule has 2 aromatic rings. The third kappa shape index (κ3) is 4.21. The molecule has 4 nitrogen and oxygen atoms in total. The Labute approximate surface area is 193 Å². The fraction of sp³-hybridized carbons (Fsp3) is 0.391. The van der Waals surface area contributed by atoms with E-state index in [1.54, 1.807) is 6.07 Å². The molecule has 4 atom stereocenters. The van der Waals surface area contributed by atoms with Crippen molar-refractivity contribution in [3.05, 3.63) is 68.7 Å². The van der Waals surface area contributed by atoms with E-state index in [9.17, 15) is 15.2 Å². The van der Waals surface area contributed by atoms with Crippen LogP contribution in [-0.2, 0) is 10.2 Å². The number of rotatable bonds is 4. The second-order valence-electron chi connectivity index (χ2n) is 9.03. The average Bonchev–Trinajstić information content (AvgIpc) is 2.97. The minimum atomic E-state index is -1.69. The van der Waals surface area contributed by atoms with E-state index in [1.807, 2.05) is 20.8 Å². The number of nitrogens with zero attached hydrogens (tertiary/aromatic N) is 1. The highest BCUT2D eigenvalue weighted by atomic mass is 79.9. The molecule has 0 aromatic heterocycles. The lowest BCUT2D eigenvalue weighted by atomic mass is 9.62. The predicted octanol–water partition coefficient (Wildman–Crippen LogP) is 5.79. The van der Waals surface area contributed by atoms with Crippen molar-refractivity contribution in [2.45, 2.75) is 50.6 Å². The molecule has 0 amide bonds. The molecule has 8 heteroatoms. The quantitative estimate of drug-likeness (QED) is 0.545. The minimum Gasteiger partial charge on any atom is -0.480 e. The summed E-state index contributed by atoms with van der Waals surface area (Å²) in [5.41, 5.74) is -1.99. The Bertz CT molecular complexity index is 1070. The molecule has 0 radical (unpaired) electrons. The van der Waals surface area contributed by atoms with Crippen molar-refractivity contribution in [2.24, 2.45) is 5.41 Å². The molecule has 1 saturated heterocycles. The number of aliphatic carboxylic acids is 1. The highest BCUT2D eigenvalue weighted by molar-refractivity contribution is 9.10. The van der Waals surface area contributed by atoms with E-state index in [0.29, 0.717) is 6.42 Å². The number of nitrogens with one attached hydrogen (secondary N) is 1. The van der Waals surface area contributed by atoms with Crippen molar-refractivity contribution in [2.75, 3.05) is 0 Å². The van der Waals surface area contributed by atoms with E-state index < -0.39 is 41.0 Å². The Morgan fingerprint density at radius 1 is 1.32 bits per heavy atom. The summed E-state index contributed by atoms with van der Waals surface area (Å²) < 4.78 is 30.6. The zero-order chi connectivity index (χ0) is 23.1. The van der Waals surface area contributed by atoms with E-state index in [4.69, 9.17) is 11.6 Å². The molecule has 0 saturated carbocycles. The van der Waals surface area contributed by atoms with Crippen LogP contribution in [0.4, 0.5) is 8.78 Å². The van der Waals surface area contributed by atoms with Crippen molar-refractivity contribution in [3.8, 4) is 6.07 Å². The zero-order valence-corrected chi connectivity index (χ0v) is 19.6. The first-order chi connectivity index (χ1) is 14.4. The fourth-order valence-corrected chi connectivity index (χ4v) is 5.08. The van der Waals surface area contributed by atoms with Gasteiger partial charge in [0.1, 0.15) is 23.1 Å². The first-order valence-electron chi connectivity index (χ1n) is 9.72. The Balaban J connectivity index is 2.38. The summed E-state index contributed by atoms with van der Waals surface area (Å²) in [6.07, 6.45) is 0.360. The van der Waals surface area contributed by atoms with Gasteiger partial charge in [0.05, 0.1) is 10.5 Å². The van der Waals surface area contributed by atoms with Crippen LogP contribution in [0.5, 0.6) is 0 Å². The van der Waals surface area contributed by atoms with Crippen molar-refractivity contribution < 1.29 is 18.7 Å². The van der Waals surface area contributed by atoms with Gasteiger partial charge in [0.25, 0.3) is 0 Å². The lowest BCUT2D eigenvalue weighted by Crippen LogP contribution is -2.44. The highest BCUT2D eigenvalue weighted by Gasteiger charge is 2.61. The molecular formula is C23H22BrClF2N2O2. The van der Waals surface area contributed by atoms with Gasteiger partial charge in [-0.15, -0.1) is 0 Å². The van der Waals surface area contributed by atoms with E-state index in [1.165, 1.54) is 24.3 Å². The number of carboxylic acid groups (broad SMARTS) is 1. The molecule has 1 aliphatic heterocycles. The van der Waals surface area contributed by atoms with Gasteiger partial charge in [-0.2, -0.15) is 5.26 Å². The normalized spacial score (nSPS) is 25.9. The molecule has 1 aliphatic rings. The standard InChI is InChI=1S/C23H22BrClF2N2O2/c1-22(2,3)10-17-23(11-28,14-8-7-12(25)9-16(14)26)18(20(29-17)21(30)31)13-5-4-6-15(24)19(13)27/h4-9,17-18,20,29H,10H2,1-3H3,(H,30,31)/t17-,18-,20+,23-/m1/s1. The lowest BCUT2D eigenvalue weighted by Gasteiger charge is -2.37.